The van der Waals surface area contributed by atoms with Gasteiger partial charge in [0.25, 0.3) is 0 Å². The third-order valence-corrected chi connectivity index (χ3v) is 6.29. The number of amides is 1. The molecule has 0 bridgehead atoms. The van der Waals surface area contributed by atoms with Gasteiger partial charge in [0, 0.05) is 5.92 Å². The van der Waals surface area contributed by atoms with E-state index < -0.39 is 0 Å². The van der Waals surface area contributed by atoms with Gasteiger partial charge in [0.05, 0.1) is 18.3 Å². The minimum Gasteiger partial charge on any atom is -0.349 e. The third kappa shape index (κ3) is 5.30. The van der Waals surface area contributed by atoms with Gasteiger partial charge in [-0.25, -0.2) is 0 Å². The first kappa shape index (κ1) is 20.7. The lowest BCUT2D eigenvalue weighted by molar-refractivity contribution is -0.119. The lowest BCUT2D eigenvalue weighted by Crippen LogP contribution is -2.30. The van der Waals surface area contributed by atoms with Gasteiger partial charge in [-0.1, -0.05) is 85.8 Å². The van der Waals surface area contributed by atoms with Crippen LogP contribution in [0.15, 0.2) is 65.8 Å². The van der Waals surface area contributed by atoms with Crippen molar-refractivity contribution in [3.63, 3.8) is 0 Å². The van der Waals surface area contributed by atoms with Crippen molar-refractivity contribution in [3.05, 3.63) is 77.6 Å². The van der Waals surface area contributed by atoms with E-state index in [1.165, 1.54) is 30.2 Å². The number of hydrogen-bond donors (Lipinski definition) is 1. The maximum Gasteiger partial charge on any atom is 0.230 e. The van der Waals surface area contributed by atoms with Crippen LogP contribution < -0.4 is 5.32 Å². The van der Waals surface area contributed by atoms with E-state index >= 15 is 0 Å². The Labute approximate surface area is 182 Å². The van der Waals surface area contributed by atoms with Crippen molar-refractivity contribution in [3.8, 4) is 0 Å². The van der Waals surface area contributed by atoms with E-state index in [1.54, 1.807) is 0 Å². The highest BCUT2D eigenvalue weighted by molar-refractivity contribution is 7.99. The maximum atomic E-state index is 12.7. The van der Waals surface area contributed by atoms with Gasteiger partial charge in [0.1, 0.15) is 5.82 Å². The maximum absolute atomic E-state index is 12.7. The summed E-state index contributed by atoms with van der Waals surface area (Å²) >= 11 is 1.47. The number of rotatable bonds is 10. The van der Waals surface area contributed by atoms with Gasteiger partial charge in [0.15, 0.2) is 5.16 Å². The lowest BCUT2D eigenvalue weighted by Gasteiger charge is -2.18. The molecule has 0 radical (unpaired) electrons. The van der Waals surface area contributed by atoms with Crippen LogP contribution in [0.4, 0.5) is 0 Å². The fourth-order valence-electron chi connectivity index (χ4n) is 3.63. The zero-order chi connectivity index (χ0) is 20.8. The molecule has 1 N–H and O–H groups in total. The Balaban J connectivity index is 1.42. The van der Waals surface area contributed by atoms with Gasteiger partial charge in [-0.3, -0.25) is 4.79 Å². The van der Waals surface area contributed by atoms with Crippen LogP contribution in [0.1, 0.15) is 61.5 Å². The standard InChI is InChI=1S/C24H28N4OS/c1-2-9-21(19-12-7-4-8-13-19)25-22(29)17-30-24-27-26-23(20-14-15-20)28(24)16-18-10-5-3-6-11-18/h3-8,10-13,20-21H,2,9,14-17H2,1H3,(H,25,29)/t21-/m0/s1. The summed E-state index contributed by atoms with van der Waals surface area (Å²) in [6.07, 6.45) is 4.29. The van der Waals surface area contributed by atoms with Crippen molar-refractivity contribution in [2.75, 3.05) is 5.75 Å². The lowest BCUT2D eigenvalue weighted by atomic mass is 10.0. The van der Waals surface area contributed by atoms with Crippen LogP contribution in [0.2, 0.25) is 0 Å². The molecule has 1 fully saturated rings. The van der Waals surface area contributed by atoms with E-state index in [0.29, 0.717) is 11.7 Å². The Morgan fingerprint density at radius 1 is 1.10 bits per heavy atom. The summed E-state index contributed by atoms with van der Waals surface area (Å²) in [7, 11) is 0. The number of aromatic nitrogens is 3. The van der Waals surface area contributed by atoms with Gasteiger partial charge < -0.3 is 9.88 Å². The molecular weight excluding hydrogens is 392 g/mol. The number of benzene rings is 2. The number of nitrogens with one attached hydrogen (secondary N) is 1. The first-order valence-corrected chi connectivity index (χ1v) is 11.7. The number of hydrogen-bond acceptors (Lipinski definition) is 4. The normalized spacial score (nSPS) is 14.4. The summed E-state index contributed by atoms with van der Waals surface area (Å²) in [6, 6.07) is 20.6. The van der Waals surface area contributed by atoms with Crippen LogP contribution in [0.5, 0.6) is 0 Å². The van der Waals surface area contributed by atoms with Crippen molar-refractivity contribution in [1.82, 2.24) is 20.1 Å². The summed E-state index contributed by atoms with van der Waals surface area (Å²) in [4.78, 5) is 12.7. The van der Waals surface area contributed by atoms with E-state index in [4.69, 9.17) is 0 Å². The second kappa shape index (κ2) is 9.94. The summed E-state index contributed by atoms with van der Waals surface area (Å²) in [5.74, 6) is 1.93. The first-order valence-electron chi connectivity index (χ1n) is 10.7. The molecule has 5 nitrogen and oxygen atoms in total. The monoisotopic (exact) mass is 420 g/mol. The SMILES string of the molecule is CCC[C@H](NC(=O)CSc1nnc(C2CC2)n1Cc1ccccc1)c1ccccc1. The summed E-state index contributed by atoms with van der Waals surface area (Å²) in [5.41, 5.74) is 2.37. The average Bonchev–Trinajstić information content (AvgIpc) is 3.55. The molecule has 156 valence electrons. The van der Waals surface area contributed by atoms with E-state index in [1.807, 2.05) is 36.4 Å². The smallest absolute Gasteiger partial charge is 0.230 e. The summed E-state index contributed by atoms with van der Waals surface area (Å²) in [6.45, 7) is 2.88. The van der Waals surface area contributed by atoms with Crippen LogP contribution in [0.3, 0.4) is 0 Å². The molecule has 0 aliphatic heterocycles. The quantitative estimate of drug-likeness (QED) is 0.471. The van der Waals surface area contributed by atoms with Crippen molar-refractivity contribution in [1.29, 1.82) is 0 Å². The number of carbonyl (C=O) groups is 1. The van der Waals surface area contributed by atoms with Crippen molar-refractivity contribution in [2.24, 2.45) is 0 Å². The van der Waals surface area contributed by atoms with Gasteiger partial charge in [-0.2, -0.15) is 0 Å². The van der Waals surface area contributed by atoms with Crippen LogP contribution in [0.25, 0.3) is 0 Å². The number of thioether (sulfide) groups is 1. The molecule has 1 saturated carbocycles. The van der Waals surface area contributed by atoms with Crippen molar-refractivity contribution in [2.45, 2.75) is 56.3 Å². The molecule has 1 heterocycles. The van der Waals surface area contributed by atoms with Gasteiger partial charge >= 0.3 is 0 Å². The van der Waals surface area contributed by atoms with Crippen LogP contribution in [-0.2, 0) is 11.3 Å². The summed E-state index contributed by atoms with van der Waals surface area (Å²) < 4.78 is 2.19. The van der Waals surface area contributed by atoms with Gasteiger partial charge in [-0.05, 0) is 30.4 Å². The van der Waals surface area contributed by atoms with Crippen molar-refractivity contribution < 1.29 is 4.79 Å². The zero-order valence-electron chi connectivity index (χ0n) is 17.3. The predicted octanol–water partition coefficient (Wildman–Crippen LogP) is 4.95. The zero-order valence-corrected chi connectivity index (χ0v) is 18.1. The third-order valence-electron chi connectivity index (χ3n) is 5.32. The predicted molar refractivity (Wildman–Crippen MR) is 120 cm³/mol. The Bertz CT molecular complexity index is 954. The largest absolute Gasteiger partial charge is 0.349 e. The molecule has 0 spiro atoms. The molecule has 0 unspecified atom stereocenters. The molecule has 6 heteroatoms. The Morgan fingerprint density at radius 2 is 1.80 bits per heavy atom. The van der Waals surface area contributed by atoms with Crippen LogP contribution >= 0.6 is 11.8 Å². The van der Waals surface area contributed by atoms with Gasteiger partial charge in [0.2, 0.25) is 5.91 Å². The molecule has 0 saturated heterocycles. The number of nitrogens with zero attached hydrogens (tertiary/aromatic N) is 3. The first-order chi connectivity index (χ1) is 14.7. The molecule has 1 aromatic heterocycles. The fourth-order valence-corrected chi connectivity index (χ4v) is 4.38. The Morgan fingerprint density at radius 3 is 2.47 bits per heavy atom. The minimum absolute atomic E-state index is 0.0320. The molecule has 1 atom stereocenters. The molecule has 30 heavy (non-hydrogen) atoms. The highest BCUT2D eigenvalue weighted by atomic mass is 32.2. The summed E-state index contributed by atoms with van der Waals surface area (Å²) in [5, 5.41) is 12.9. The molecule has 1 amide bonds. The van der Waals surface area contributed by atoms with E-state index in [-0.39, 0.29) is 11.9 Å². The van der Waals surface area contributed by atoms with Crippen LogP contribution in [0, 0.1) is 0 Å². The second-order valence-corrected chi connectivity index (χ2v) is 8.74. The molecule has 1 aliphatic carbocycles. The highest BCUT2D eigenvalue weighted by Crippen LogP contribution is 2.40. The molecule has 2 aromatic carbocycles. The van der Waals surface area contributed by atoms with Gasteiger partial charge in [-0.15, -0.1) is 10.2 Å². The molecule has 3 aromatic rings. The van der Waals surface area contributed by atoms with Crippen molar-refractivity contribution >= 4 is 17.7 Å². The topological polar surface area (TPSA) is 59.8 Å². The number of carbonyl (C=O) groups excluding carboxylic acids is 1. The van der Waals surface area contributed by atoms with E-state index in [0.717, 1.165) is 35.9 Å². The highest BCUT2D eigenvalue weighted by Gasteiger charge is 2.30. The Kier molecular flexibility index (Phi) is 6.84. The Hall–Kier alpha value is -2.60. The van der Waals surface area contributed by atoms with Crippen LogP contribution in [-0.4, -0.2) is 26.4 Å². The fraction of sp³-hybridized carbons (Fsp3) is 0.375. The molecule has 1 aliphatic rings. The molecular formula is C24H28N4OS. The molecule has 4 rings (SSSR count). The van der Waals surface area contributed by atoms with E-state index in [9.17, 15) is 4.79 Å². The average molecular weight is 421 g/mol. The van der Waals surface area contributed by atoms with E-state index in [2.05, 4.69) is 51.3 Å². The minimum atomic E-state index is 0.0320. The second-order valence-electron chi connectivity index (χ2n) is 7.79.